The third kappa shape index (κ3) is 3.40. The topological polar surface area (TPSA) is 85.8 Å². The van der Waals surface area contributed by atoms with Crippen LogP contribution < -0.4 is 5.32 Å². The predicted molar refractivity (Wildman–Crippen MR) is 70.6 cm³/mol. The average Bonchev–Trinajstić information content (AvgIpc) is 2.97. The molecule has 0 radical (unpaired) electrons. The number of tetrazole rings is 1. The number of hydrogen-bond donors (Lipinski definition) is 1. The second-order valence-electron chi connectivity index (χ2n) is 4.24. The number of aromatic nitrogens is 4. The number of halogens is 1. The maximum absolute atomic E-state index is 11.7. The zero-order valence-electron chi connectivity index (χ0n) is 10.6. The standard InChI is InChI=1S/C11H14BrN5O2/c1-7(2)17-10(14-15-16-17)5-6-13-11(18)8-3-4-9(12)19-8/h3-4,7H,5-6H2,1-2H3,(H,13,18). The molecule has 1 amide bonds. The van der Waals surface area contributed by atoms with Crippen molar-refractivity contribution in [3.05, 3.63) is 28.4 Å². The monoisotopic (exact) mass is 327 g/mol. The zero-order chi connectivity index (χ0) is 13.8. The first-order valence-electron chi connectivity index (χ1n) is 5.88. The highest BCUT2D eigenvalue weighted by Crippen LogP contribution is 2.13. The molecule has 0 unspecified atom stereocenters. The fourth-order valence-electron chi connectivity index (χ4n) is 1.59. The maximum atomic E-state index is 11.7. The summed E-state index contributed by atoms with van der Waals surface area (Å²) in [5, 5.41) is 14.2. The van der Waals surface area contributed by atoms with E-state index >= 15 is 0 Å². The van der Waals surface area contributed by atoms with Crippen LogP contribution in [0, 0.1) is 0 Å². The molecule has 0 spiro atoms. The Labute approximate surface area is 118 Å². The lowest BCUT2D eigenvalue weighted by Crippen LogP contribution is -2.26. The molecule has 2 aromatic heterocycles. The van der Waals surface area contributed by atoms with Crippen LogP contribution in [-0.4, -0.2) is 32.7 Å². The van der Waals surface area contributed by atoms with Crippen LogP contribution in [0.4, 0.5) is 0 Å². The van der Waals surface area contributed by atoms with E-state index in [9.17, 15) is 4.79 Å². The molecule has 0 saturated heterocycles. The minimum Gasteiger partial charge on any atom is -0.444 e. The summed E-state index contributed by atoms with van der Waals surface area (Å²) >= 11 is 3.15. The van der Waals surface area contributed by atoms with E-state index in [0.717, 1.165) is 5.82 Å². The van der Waals surface area contributed by atoms with E-state index in [1.807, 2.05) is 13.8 Å². The van der Waals surface area contributed by atoms with Gasteiger partial charge in [0.15, 0.2) is 16.3 Å². The quantitative estimate of drug-likeness (QED) is 0.901. The van der Waals surface area contributed by atoms with Crippen LogP contribution in [0.5, 0.6) is 0 Å². The molecule has 2 rings (SSSR count). The first-order chi connectivity index (χ1) is 9.08. The van der Waals surface area contributed by atoms with Gasteiger partial charge in [-0.1, -0.05) is 0 Å². The smallest absolute Gasteiger partial charge is 0.287 e. The van der Waals surface area contributed by atoms with Gasteiger partial charge in [-0.15, -0.1) is 5.10 Å². The molecule has 0 atom stereocenters. The SMILES string of the molecule is CC(C)n1nnnc1CCNC(=O)c1ccc(Br)o1. The van der Waals surface area contributed by atoms with Crippen LogP contribution in [0.25, 0.3) is 0 Å². The number of hydrogen-bond acceptors (Lipinski definition) is 5. The fraction of sp³-hybridized carbons (Fsp3) is 0.455. The molecular weight excluding hydrogens is 314 g/mol. The van der Waals surface area contributed by atoms with Crippen LogP contribution >= 0.6 is 15.9 Å². The fourth-order valence-corrected chi connectivity index (χ4v) is 1.90. The minimum absolute atomic E-state index is 0.196. The molecular formula is C11H14BrN5O2. The van der Waals surface area contributed by atoms with E-state index in [-0.39, 0.29) is 17.7 Å². The van der Waals surface area contributed by atoms with Crippen molar-refractivity contribution in [3.8, 4) is 0 Å². The lowest BCUT2D eigenvalue weighted by Gasteiger charge is -2.07. The van der Waals surface area contributed by atoms with E-state index in [1.165, 1.54) is 0 Å². The summed E-state index contributed by atoms with van der Waals surface area (Å²) < 4.78 is 7.41. The summed E-state index contributed by atoms with van der Waals surface area (Å²) in [5.74, 6) is 0.764. The van der Waals surface area contributed by atoms with Crippen molar-refractivity contribution in [1.82, 2.24) is 25.5 Å². The van der Waals surface area contributed by atoms with Crippen molar-refractivity contribution in [2.45, 2.75) is 26.3 Å². The first kappa shape index (κ1) is 13.7. The van der Waals surface area contributed by atoms with Gasteiger partial charge in [-0.05, 0) is 52.3 Å². The summed E-state index contributed by atoms with van der Waals surface area (Å²) in [6.07, 6.45) is 0.568. The Kier molecular flexibility index (Phi) is 4.31. The lowest BCUT2D eigenvalue weighted by molar-refractivity contribution is 0.0925. The number of carbonyl (C=O) groups excluding carboxylic acids is 1. The molecule has 2 aromatic rings. The van der Waals surface area contributed by atoms with Crippen LogP contribution in [0.3, 0.4) is 0 Å². The van der Waals surface area contributed by atoms with Crippen molar-refractivity contribution in [2.75, 3.05) is 6.54 Å². The molecule has 1 N–H and O–H groups in total. The molecule has 19 heavy (non-hydrogen) atoms. The molecule has 0 bridgehead atoms. The molecule has 8 heteroatoms. The molecule has 0 saturated carbocycles. The molecule has 2 heterocycles. The summed E-state index contributed by atoms with van der Waals surface area (Å²) in [6.45, 7) is 4.45. The van der Waals surface area contributed by atoms with Gasteiger partial charge in [0, 0.05) is 13.0 Å². The minimum atomic E-state index is -0.255. The van der Waals surface area contributed by atoms with Gasteiger partial charge in [0.05, 0.1) is 6.04 Å². The second-order valence-corrected chi connectivity index (χ2v) is 5.02. The van der Waals surface area contributed by atoms with Gasteiger partial charge in [0.2, 0.25) is 0 Å². The summed E-state index contributed by atoms with van der Waals surface area (Å²) in [4.78, 5) is 11.7. The van der Waals surface area contributed by atoms with E-state index in [2.05, 4.69) is 36.8 Å². The van der Waals surface area contributed by atoms with Gasteiger partial charge in [-0.3, -0.25) is 4.79 Å². The highest BCUT2D eigenvalue weighted by molar-refractivity contribution is 9.10. The summed E-state index contributed by atoms with van der Waals surface area (Å²) in [6, 6.07) is 3.48. The number of carbonyl (C=O) groups is 1. The van der Waals surface area contributed by atoms with Crippen molar-refractivity contribution in [2.24, 2.45) is 0 Å². The van der Waals surface area contributed by atoms with Gasteiger partial charge in [-0.2, -0.15) is 0 Å². The van der Waals surface area contributed by atoms with Crippen LogP contribution in [0.1, 0.15) is 36.3 Å². The van der Waals surface area contributed by atoms with Gasteiger partial charge >= 0.3 is 0 Å². The van der Waals surface area contributed by atoms with Gasteiger partial charge < -0.3 is 9.73 Å². The Morgan fingerprint density at radius 1 is 1.53 bits per heavy atom. The maximum Gasteiger partial charge on any atom is 0.287 e. The normalized spacial score (nSPS) is 10.9. The van der Waals surface area contributed by atoms with E-state index in [1.54, 1.807) is 16.8 Å². The number of nitrogens with one attached hydrogen (secondary N) is 1. The molecule has 0 fully saturated rings. The molecule has 7 nitrogen and oxygen atoms in total. The first-order valence-corrected chi connectivity index (χ1v) is 6.67. The second kappa shape index (κ2) is 5.96. The van der Waals surface area contributed by atoms with Crippen LogP contribution in [-0.2, 0) is 6.42 Å². The molecule has 0 aliphatic rings. The Hall–Kier alpha value is -1.70. The summed E-state index contributed by atoms with van der Waals surface area (Å²) in [5.41, 5.74) is 0. The molecule has 0 aliphatic carbocycles. The molecule has 0 aromatic carbocycles. The summed E-state index contributed by atoms with van der Waals surface area (Å²) in [7, 11) is 0. The lowest BCUT2D eigenvalue weighted by atomic mass is 10.3. The van der Waals surface area contributed by atoms with Crippen LogP contribution in [0.15, 0.2) is 21.2 Å². The van der Waals surface area contributed by atoms with Crippen molar-refractivity contribution >= 4 is 21.8 Å². The zero-order valence-corrected chi connectivity index (χ0v) is 12.2. The molecule has 0 aliphatic heterocycles. The number of nitrogens with zero attached hydrogens (tertiary/aromatic N) is 4. The number of amides is 1. The number of rotatable bonds is 5. The van der Waals surface area contributed by atoms with Crippen LogP contribution in [0.2, 0.25) is 0 Å². The van der Waals surface area contributed by atoms with Crippen molar-refractivity contribution < 1.29 is 9.21 Å². The Morgan fingerprint density at radius 2 is 2.32 bits per heavy atom. The molecule has 102 valence electrons. The Bertz CT molecular complexity index is 563. The van der Waals surface area contributed by atoms with E-state index in [4.69, 9.17) is 4.42 Å². The van der Waals surface area contributed by atoms with Crippen molar-refractivity contribution in [1.29, 1.82) is 0 Å². The van der Waals surface area contributed by atoms with Gasteiger partial charge in [0.1, 0.15) is 0 Å². The van der Waals surface area contributed by atoms with Gasteiger partial charge in [-0.25, -0.2) is 4.68 Å². The largest absolute Gasteiger partial charge is 0.444 e. The van der Waals surface area contributed by atoms with E-state index < -0.39 is 0 Å². The Morgan fingerprint density at radius 3 is 2.95 bits per heavy atom. The highest BCUT2D eigenvalue weighted by Gasteiger charge is 2.12. The predicted octanol–water partition coefficient (Wildman–Crippen LogP) is 1.58. The van der Waals surface area contributed by atoms with Gasteiger partial charge in [0.25, 0.3) is 5.91 Å². The highest BCUT2D eigenvalue weighted by atomic mass is 79.9. The Balaban J connectivity index is 1.86. The van der Waals surface area contributed by atoms with Crippen molar-refractivity contribution in [3.63, 3.8) is 0 Å². The average molecular weight is 328 g/mol. The number of furan rings is 1. The third-order valence-electron chi connectivity index (χ3n) is 2.48. The van der Waals surface area contributed by atoms with E-state index in [0.29, 0.717) is 17.6 Å². The third-order valence-corrected chi connectivity index (χ3v) is 2.91.